The predicted octanol–water partition coefficient (Wildman–Crippen LogP) is 3.70. The second-order valence-electron chi connectivity index (χ2n) is 7.21. The molecule has 1 heterocycles. The summed E-state index contributed by atoms with van der Waals surface area (Å²) in [7, 11) is 0. The maximum absolute atomic E-state index is 12.8. The summed E-state index contributed by atoms with van der Waals surface area (Å²) in [5.74, 6) is -0.407. The first-order valence-electron chi connectivity index (χ1n) is 9.44. The molecule has 0 atom stereocenters. The first kappa shape index (κ1) is 20.3. The van der Waals surface area contributed by atoms with Gasteiger partial charge in [0.05, 0.1) is 5.39 Å². The monoisotopic (exact) mass is 393 g/mol. The van der Waals surface area contributed by atoms with Crippen LogP contribution in [0.5, 0.6) is 0 Å². The van der Waals surface area contributed by atoms with Crippen LogP contribution in [-0.2, 0) is 9.53 Å². The normalized spacial score (nSPS) is 10.9. The topological polar surface area (TPSA) is 85.6 Å². The number of hydrogen-bond acceptors (Lipinski definition) is 5. The van der Waals surface area contributed by atoms with Crippen LogP contribution >= 0.6 is 0 Å². The molecule has 0 radical (unpaired) electrons. The van der Waals surface area contributed by atoms with Gasteiger partial charge in [0, 0.05) is 17.7 Å². The Morgan fingerprint density at radius 2 is 1.79 bits per heavy atom. The Bertz CT molecular complexity index is 1100. The van der Waals surface area contributed by atoms with Crippen LogP contribution in [0.4, 0.5) is 0 Å². The highest BCUT2D eigenvalue weighted by molar-refractivity contribution is 6.02. The predicted molar refractivity (Wildman–Crippen MR) is 111 cm³/mol. The third-order valence-electron chi connectivity index (χ3n) is 4.44. The second kappa shape index (κ2) is 8.73. The van der Waals surface area contributed by atoms with Crippen LogP contribution in [0.3, 0.4) is 0 Å². The summed E-state index contributed by atoms with van der Waals surface area (Å²) in [5.41, 5.74) is 1.24. The average molecular weight is 393 g/mol. The van der Waals surface area contributed by atoms with Gasteiger partial charge in [0.25, 0.3) is 5.91 Å². The first-order chi connectivity index (χ1) is 13.9. The van der Waals surface area contributed by atoms with E-state index in [0.717, 1.165) is 5.56 Å². The van der Waals surface area contributed by atoms with Gasteiger partial charge in [-0.25, -0.2) is 4.79 Å². The second-order valence-corrected chi connectivity index (χ2v) is 7.21. The van der Waals surface area contributed by atoms with E-state index in [2.05, 4.69) is 5.32 Å². The molecule has 6 heteroatoms. The van der Waals surface area contributed by atoms with Crippen molar-refractivity contribution in [3.8, 4) is 11.3 Å². The van der Waals surface area contributed by atoms with E-state index in [9.17, 15) is 14.4 Å². The quantitative estimate of drug-likeness (QED) is 0.646. The van der Waals surface area contributed by atoms with Gasteiger partial charge >= 0.3 is 5.97 Å². The van der Waals surface area contributed by atoms with Gasteiger partial charge in [0.15, 0.2) is 17.6 Å². The van der Waals surface area contributed by atoms with Crippen molar-refractivity contribution in [1.29, 1.82) is 0 Å². The number of ether oxygens (including phenoxy) is 1. The van der Waals surface area contributed by atoms with Crippen molar-refractivity contribution >= 4 is 22.8 Å². The Morgan fingerprint density at radius 1 is 1.07 bits per heavy atom. The van der Waals surface area contributed by atoms with Crippen LogP contribution in [0.2, 0.25) is 0 Å². The zero-order chi connectivity index (χ0) is 21.0. The maximum Gasteiger partial charge on any atom is 0.342 e. The Morgan fingerprint density at radius 3 is 2.48 bits per heavy atom. The molecule has 2 aromatic carbocycles. The van der Waals surface area contributed by atoms with Gasteiger partial charge in [-0.1, -0.05) is 50.2 Å². The molecule has 0 fully saturated rings. The molecule has 0 aliphatic heterocycles. The fourth-order valence-corrected chi connectivity index (χ4v) is 2.91. The molecule has 0 saturated carbocycles. The van der Waals surface area contributed by atoms with Crippen molar-refractivity contribution in [3.05, 3.63) is 69.9 Å². The van der Waals surface area contributed by atoms with Crippen molar-refractivity contribution in [2.45, 2.75) is 20.8 Å². The molecule has 29 heavy (non-hydrogen) atoms. The largest absolute Gasteiger partial charge is 0.455 e. The number of esters is 1. The lowest BCUT2D eigenvalue weighted by Gasteiger charge is -2.11. The number of amides is 1. The lowest BCUT2D eigenvalue weighted by atomic mass is 10.0. The van der Waals surface area contributed by atoms with Gasteiger partial charge in [-0.3, -0.25) is 9.59 Å². The van der Waals surface area contributed by atoms with E-state index < -0.39 is 12.6 Å². The number of nitrogens with one attached hydrogen (secondary N) is 1. The molecule has 1 amide bonds. The average Bonchev–Trinajstić information content (AvgIpc) is 2.73. The standard InChI is InChI=1S/C23H23NO5/c1-14(2)12-24-19(25)13-28-23(27)18-11-7-10-17-20(26)15(3)21(29-22(17)18)16-8-5-4-6-9-16/h4-11,14H,12-13H2,1-3H3,(H,24,25). The molecule has 6 nitrogen and oxygen atoms in total. The Labute approximate surface area is 168 Å². The van der Waals surface area contributed by atoms with Crippen molar-refractivity contribution in [2.24, 2.45) is 5.92 Å². The van der Waals surface area contributed by atoms with Crippen LogP contribution in [0, 0.1) is 12.8 Å². The highest BCUT2D eigenvalue weighted by Crippen LogP contribution is 2.27. The van der Waals surface area contributed by atoms with Gasteiger partial charge in [-0.05, 0) is 25.0 Å². The van der Waals surface area contributed by atoms with E-state index in [1.165, 1.54) is 6.07 Å². The van der Waals surface area contributed by atoms with Crippen molar-refractivity contribution in [2.75, 3.05) is 13.2 Å². The lowest BCUT2D eigenvalue weighted by molar-refractivity contribution is -0.124. The van der Waals surface area contributed by atoms with Crippen molar-refractivity contribution < 1.29 is 18.7 Å². The van der Waals surface area contributed by atoms with Crippen LogP contribution in [-0.4, -0.2) is 25.0 Å². The molecular weight excluding hydrogens is 370 g/mol. The highest BCUT2D eigenvalue weighted by Gasteiger charge is 2.20. The van der Waals surface area contributed by atoms with Crippen LogP contribution in [0.15, 0.2) is 57.7 Å². The van der Waals surface area contributed by atoms with Crippen molar-refractivity contribution in [1.82, 2.24) is 5.32 Å². The smallest absolute Gasteiger partial charge is 0.342 e. The van der Waals surface area contributed by atoms with E-state index in [0.29, 0.717) is 29.2 Å². The summed E-state index contributed by atoms with van der Waals surface area (Å²) in [4.78, 5) is 37.2. The summed E-state index contributed by atoms with van der Waals surface area (Å²) in [6, 6.07) is 13.9. The lowest BCUT2D eigenvalue weighted by Crippen LogP contribution is -2.31. The molecule has 150 valence electrons. The Kier molecular flexibility index (Phi) is 6.12. The third kappa shape index (κ3) is 4.54. The van der Waals surface area contributed by atoms with Gasteiger partial charge < -0.3 is 14.5 Å². The molecule has 1 aromatic heterocycles. The van der Waals surface area contributed by atoms with Crippen LogP contribution in [0.1, 0.15) is 29.8 Å². The number of hydrogen-bond donors (Lipinski definition) is 1. The summed E-state index contributed by atoms with van der Waals surface area (Å²) < 4.78 is 11.1. The first-order valence-corrected chi connectivity index (χ1v) is 9.44. The number of carbonyl (C=O) groups excluding carboxylic acids is 2. The number of fused-ring (bicyclic) bond motifs is 1. The Hall–Kier alpha value is -3.41. The van der Waals surface area contributed by atoms with E-state index in [4.69, 9.17) is 9.15 Å². The SMILES string of the molecule is Cc1c(-c2ccccc2)oc2c(C(=O)OCC(=O)NCC(C)C)cccc2c1=O. The molecule has 0 bridgehead atoms. The third-order valence-corrected chi connectivity index (χ3v) is 4.44. The summed E-state index contributed by atoms with van der Waals surface area (Å²) in [6.07, 6.45) is 0. The fourth-order valence-electron chi connectivity index (χ4n) is 2.91. The Balaban J connectivity index is 1.94. The number of benzene rings is 2. The van der Waals surface area contributed by atoms with Crippen LogP contribution in [0.25, 0.3) is 22.3 Å². The maximum atomic E-state index is 12.8. The van der Waals surface area contributed by atoms with E-state index in [-0.39, 0.29) is 22.5 Å². The van der Waals surface area contributed by atoms with Gasteiger partial charge in [0.2, 0.25) is 0 Å². The molecule has 1 N–H and O–H groups in total. The van der Waals surface area contributed by atoms with Crippen molar-refractivity contribution in [3.63, 3.8) is 0 Å². The highest BCUT2D eigenvalue weighted by atomic mass is 16.5. The molecule has 0 unspecified atom stereocenters. The molecule has 0 saturated heterocycles. The van der Waals surface area contributed by atoms with Gasteiger partial charge in [-0.2, -0.15) is 0 Å². The molecule has 0 spiro atoms. The minimum absolute atomic E-state index is 0.105. The summed E-state index contributed by atoms with van der Waals surface area (Å²) in [5, 5.41) is 2.98. The molecule has 3 aromatic rings. The minimum Gasteiger partial charge on any atom is -0.455 e. The molecular formula is C23H23NO5. The summed E-state index contributed by atoms with van der Waals surface area (Å²) in [6.45, 7) is 5.73. The number of carbonyl (C=O) groups is 2. The molecule has 0 aliphatic carbocycles. The van der Waals surface area contributed by atoms with Crippen LogP contribution < -0.4 is 10.7 Å². The molecule has 3 rings (SSSR count). The molecule has 0 aliphatic rings. The number of rotatable bonds is 6. The summed E-state index contributed by atoms with van der Waals surface area (Å²) >= 11 is 0. The van der Waals surface area contributed by atoms with E-state index in [1.54, 1.807) is 19.1 Å². The fraction of sp³-hybridized carbons (Fsp3) is 0.261. The van der Waals surface area contributed by atoms with Gasteiger partial charge in [0.1, 0.15) is 11.3 Å². The van der Waals surface area contributed by atoms with E-state index >= 15 is 0 Å². The zero-order valence-corrected chi connectivity index (χ0v) is 16.7. The minimum atomic E-state index is -0.721. The van der Waals surface area contributed by atoms with Gasteiger partial charge in [-0.15, -0.1) is 0 Å². The van der Waals surface area contributed by atoms with E-state index in [1.807, 2.05) is 44.2 Å². The number of para-hydroxylation sites is 1. The zero-order valence-electron chi connectivity index (χ0n) is 16.7.